The zero-order valence-corrected chi connectivity index (χ0v) is 7.51. The summed E-state index contributed by atoms with van der Waals surface area (Å²) in [7, 11) is 0. The van der Waals surface area contributed by atoms with Crippen molar-refractivity contribution in [3.63, 3.8) is 0 Å². The zero-order valence-electron chi connectivity index (χ0n) is 7.51. The molecule has 4 heteroatoms. The van der Waals surface area contributed by atoms with Crippen LogP contribution in [0.1, 0.15) is 19.3 Å². The Morgan fingerprint density at radius 2 is 2.54 bits per heavy atom. The number of hydrogen-bond donors (Lipinski definition) is 2. The van der Waals surface area contributed by atoms with Gasteiger partial charge < -0.3 is 10.6 Å². The lowest BCUT2D eigenvalue weighted by molar-refractivity contribution is -0.124. The molecule has 1 heterocycles. The van der Waals surface area contributed by atoms with Crippen molar-refractivity contribution in [1.82, 2.24) is 10.6 Å². The summed E-state index contributed by atoms with van der Waals surface area (Å²) in [6.07, 6.45) is 3.67. The Bertz CT molecular complexity index is 226. The fourth-order valence-electron chi connectivity index (χ4n) is 1.33. The van der Waals surface area contributed by atoms with E-state index >= 15 is 0 Å². The molecule has 0 radical (unpaired) electrons. The predicted molar refractivity (Wildman–Crippen MR) is 49.0 cm³/mol. The third-order valence-corrected chi connectivity index (χ3v) is 2.03. The summed E-state index contributed by atoms with van der Waals surface area (Å²) in [5.74, 6) is -0.121. The van der Waals surface area contributed by atoms with Crippen molar-refractivity contribution < 1.29 is 9.59 Å². The maximum atomic E-state index is 10.9. The summed E-state index contributed by atoms with van der Waals surface area (Å²) < 4.78 is 0. The Morgan fingerprint density at radius 3 is 3.15 bits per heavy atom. The third-order valence-electron chi connectivity index (χ3n) is 2.03. The molecule has 1 rings (SSSR count). The molecule has 1 atom stereocenters. The summed E-state index contributed by atoms with van der Waals surface area (Å²) in [6.45, 7) is 3.84. The molecular weight excluding hydrogens is 168 g/mol. The maximum absolute atomic E-state index is 10.9. The van der Waals surface area contributed by atoms with E-state index in [0.29, 0.717) is 13.0 Å². The molecule has 0 spiro atoms. The smallest absolute Gasteiger partial charge is 0.243 e. The lowest BCUT2D eigenvalue weighted by atomic mass is 10.0. The van der Waals surface area contributed by atoms with Crippen molar-refractivity contribution in [2.75, 3.05) is 6.54 Å². The van der Waals surface area contributed by atoms with Crippen molar-refractivity contribution in [1.29, 1.82) is 0 Å². The Labute approximate surface area is 77.4 Å². The quantitative estimate of drug-likeness (QED) is 0.601. The minimum absolute atomic E-state index is 0.0732. The highest BCUT2D eigenvalue weighted by molar-refractivity contribution is 5.86. The van der Waals surface area contributed by atoms with Gasteiger partial charge in [0.05, 0.1) is 0 Å². The summed E-state index contributed by atoms with van der Waals surface area (Å²) in [4.78, 5) is 21.7. The monoisotopic (exact) mass is 182 g/mol. The summed E-state index contributed by atoms with van der Waals surface area (Å²) in [5, 5.41) is 5.46. The first-order chi connectivity index (χ1) is 6.22. The number of rotatable bonds is 3. The maximum Gasteiger partial charge on any atom is 0.243 e. The van der Waals surface area contributed by atoms with Crippen LogP contribution in [0.2, 0.25) is 0 Å². The molecule has 2 N–H and O–H groups in total. The molecule has 1 aliphatic rings. The second-order valence-corrected chi connectivity index (χ2v) is 3.11. The molecule has 2 amide bonds. The summed E-state index contributed by atoms with van der Waals surface area (Å²) in [6, 6.07) is 0.0881. The van der Waals surface area contributed by atoms with Gasteiger partial charge in [-0.1, -0.05) is 6.58 Å². The summed E-state index contributed by atoms with van der Waals surface area (Å²) in [5.41, 5.74) is 0. The highest BCUT2D eigenvalue weighted by Gasteiger charge is 2.17. The van der Waals surface area contributed by atoms with Crippen molar-refractivity contribution in [3.8, 4) is 0 Å². The standard InChI is InChI=1S/C9H14N2O2/c1-2-8(12)10-6-7-4-3-5-9(13)11-7/h2,7H,1,3-6H2,(H,10,12)(H,11,13). The van der Waals surface area contributed by atoms with Crippen LogP contribution in [-0.2, 0) is 9.59 Å². The second kappa shape index (κ2) is 4.64. The normalized spacial score (nSPS) is 21.8. The third kappa shape index (κ3) is 3.27. The van der Waals surface area contributed by atoms with Crippen molar-refractivity contribution in [2.45, 2.75) is 25.3 Å². The van der Waals surface area contributed by atoms with Crippen LogP contribution in [0.4, 0.5) is 0 Å². The lowest BCUT2D eigenvalue weighted by Crippen LogP contribution is -2.45. The molecule has 0 aromatic heterocycles. The first-order valence-electron chi connectivity index (χ1n) is 4.42. The second-order valence-electron chi connectivity index (χ2n) is 3.11. The minimum atomic E-state index is -0.195. The van der Waals surface area contributed by atoms with Gasteiger partial charge in [0.15, 0.2) is 0 Å². The zero-order chi connectivity index (χ0) is 9.68. The van der Waals surface area contributed by atoms with E-state index in [-0.39, 0.29) is 17.9 Å². The van der Waals surface area contributed by atoms with Crippen molar-refractivity contribution in [2.24, 2.45) is 0 Å². The van der Waals surface area contributed by atoms with Crippen LogP contribution in [0.3, 0.4) is 0 Å². The van der Waals surface area contributed by atoms with Gasteiger partial charge in [-0.25, -0.2) is 0 Å². The van der Waals surface area contributed by atoms with Crippen molar-refractivity contribution in [3.05, 3.63) is 12.7 Å². The van der Waals surface area contributed by atoms with Crippen LogP contribution in [0.15, 0.2) is 12.7 Å². The summed E-state index contributed by atoms with van der Waals surface area (Å²) >= 11 is 0. The average molecular weight is 182 g/mol. The molecule has 1 unspecified atom stereocenters. The molecule has 1 aliphatic heterocycles. The largest absolute Gasteiger partial charge is 0.352 e. The SMILES string of the molecule is C=CC(=O)NCC1CCCC(=O)N1. The molecule has 1 fully saturated rings. The number of amides is 2. The predicted octanol–water partition coefficient (Wildman–Crippen LogP) is -0.0427. The molecule has 0 aliphatic carbocycles. The van der Waals surface area contributed by atoms with Gasteiger partial charge >= 0.3 is 0 Å². The Kier molecular flexibility index (Phi) is 3.49. The number of hydrogen-bond acceptors (Lipinski definition) is 2. The van der Waals surface area contributed by atoms with Crippen LogP contribution < -0.4 is 10.6 Å². The molecular formula is C9H14N2O2. The first kappa shape index (κ1) is 9.77. The molecule has 0 aromatic carbocycles. The van der Waals surface area contributed by atoms with Gasteiger partial charge in [-0.05, 0) is 18.9 Å². The molecule has 1 saturated heterocycles. The lowest BCUT2D eigenvalue weighted by Gasteiger charge is -2.22. The van der Waals surface area contributed by atoms with Crippen LogP contribution in [0.25, 0.3) is 0 Å². The van der Waals surface area contributed by atoms with E-state index in [1.807, 2.05) is 0 Å². The highest BCUT2D eigenvalue weighted by atomic mass is 16.2. The van der Waals surface area contributed by atoms with Crippen LogP contribution in [-0.4, -0.2) is 24.4 Å². The minimum Gasteiger partial charge on any atom is -0.352 e. The van der Waals surface area contributed by atoms with Gasteiger partial charge in [-0.15, -0.1) is 0 Å². The Morgan fingerprint density at radius 1 is 1.77 bits per heavy atom. The Balaban J connectivity index is 2.24. The van der Waals surface area contributed by atoms with E-state index in [1.54, 1.807) is 0 Å². The van der Waals surface area contributed by atoms with Crippen molar-refractivity contribution >= 4 is 11.8 Å². The molecule has 0 saturated carbocycles. The number of carbonyl (C=O) groups excluding carboxylic acids is 2. The van der Waals surface area contributed by atoms with Crippen LogP contribution >= 0.6 is 0 Å². The topological polar surface area (TPSA) is 58.2 Å². The highest BCUT2D eigenvalue weighted by Crippen LogP contribution is 2.06. The molecule has 0 bridgehead atoms. The Hall–Kier alpha value is -1.32. The molecule has 4 nitrogen and oxygen atoms in total. The first-order valence-corrected chi connectivity index (χ1v) is 4.42. The number of carbonyl (C=O) groups is 2. The average Bonchev–Trinajstić information content (AvgIpc) is 2.14. The van der Waals surface area contributed by atoms with Gasteiger partial charge in [0, 0.05) is 19.0 Å². The molecule has 0 aromatic rings. The van der Waals surface area contributed by atoms with Gasteiger partial charge in [0.1, 0.15) is 0 Å². The van der Waals surface area contributed by atoms with Crippen LogP contribution in [0.5, 0.6) is 0 Å². The van der Waals surface area contributed by atoms with E-state index in [4.69, 9.17) is 0 Å². The van der Waals surface area contributed by atoms with E-state index in [0.717, 1.165) is 12.8 Å². The fourth-order valence-corrected chi connectivity index (χ4v) is 1.33. The van der Waals surface area contributed by atoms with E-state index in [1.165, 1.54) is 6.08 Å². The van der Waals surface area contributed by atoms with Gasteiger partial charge in [0.2, 0.25) is 11.8 Å². The number of nitrogens with one attached hydrogen (secondary N) is 2. The molecule has 13 heavy (non-hydrogen) atoms. The fraction of sp³-hybridized carbons (Fsp3) is 0.556. The van der Waals surface area contributed by atoms with Crippen LogP contribution in [0, 0.1) is 0 Å². The van der Waals surface area contributed by atoms with E-state index in [9.17, 15) is 9.59 Å². The van der Waals surface area contributed by atoms with E-state index < -0.39 is 0 Å². The van der Waals surface area contributed by atoms with Gasteiger partial charge in [-0.2, -0.15) is 0 Å². The van der Waals surface area contributed by atoms with Gasteiger partial charge in [-0.3, -0.25) is 9.59 Å². The van der Waals surface area contributed by atoms with E-state index in [2.05, 4.69) is 17.2 Å². The molecule has 72 valence electrons. The number of piperidine rings is 1. The van der Waals surface area contributed by atoms with Gasteiger partial charge in [0.25, 0.3) is 0 Å².